The first-order valence-electron chi connectivity index (χ1n) is 13.5. The van der Waals surface area contributed by atoms with Gasteiger partial charge in [-0.15, -0.1) is 0 Å². The fourth-order valence-electron chi connectivity index (χ4n) is 5.03. The van der Waals surface area contributed by atoms with Crippen molar-refractivity contribution in [2.75, 3.05) is 58.9 Å². The van der Waals surface area contributed by atoms with Crippen LogP contribution in [0.4, 0.5) is 16.2 Å². The maximum atomic E-state index is 12.1. The minimum absolute atomic E-state index is 0. The molecular weight excluding hydrogens is 514 g/mol. The number of benzene rings is 2. The van der Waals surface area contributed by atoms with E-state index in [-0.39, 0.29) is 43.7 Å². The fourth-order valence-corrected chi connectivity index (χ4v) is 5.03. The van der Waals surface area contributed by atoms with E-state index in [0.717, 1.165) is 24.3 Å². The summed E-state index contributed by atoms with van der Waals surface area (Å²) in [4.78, 5) is 16.2. The molecule has 218 valence electrons. The van der Waals surface area contributed by atoms with Gasteiger partial charge in [-0.3, -0.25) is 0 Å². The minimum atomic E-state index is -0.446. The van der Waals surface area contributed by atoms with Gasteiger partial charge in [-0.1, -0.05) is 12.1 Å². The van der Waals surface area contributed by atoms with Gasteiger partial charge in [0.2, 0.25) is 0 Å². The molecule has 0 radical (unpaired) electrons. The molecule has 40 heavy (non-hydrogen) atoms. The Labute approximate surface area is 264 Å². The van der Waals surface area contributed by atoms with Crippen LogP contribution in [-0.4, -0.2) is 86.3 Å². The zero-order valence-electron chi connectivity index (χ0n) is 26.0. The van der Waals surface area contributed by atoms with E-state index in [4.69, 9.17) is 25.7 Å². The number of nitrogens with zero attached hydrogens (tertiary/aromatic N) is 2. The molecule has 0 spiro atoms. The summed E-state index contributed by atoms with van der Waals surface area (Å²) in [6, 6.07) is 12.1. The van der Waals surface area contributed by atoms with Gasteiger partial charge in [0, 0.05) is 13.1 Å². The predicted octanol–water partition coefficient (Wildman–Crippen LogP) is 1.41. The quantitative estimate of drug-likeness (QED) is 0.428. The zero-order chi connectivity index (χ0) is 27.9. The molecule has 0 bridgehead atoms. The molecule has 2 aliphatic rings. The summed E-state index contributed by atoms with van der Waals surface area (Å²) in [7, 11) is 5.48. The van der Waals surface area contributed by atoms with Crippen molar-refractivity contribution in [2.45, 2.75) is 63.9 Å². The third kappa shape index (κ3) is 10.4. The van der Waals surface area contributed by atoms with Crippen molar-refractivity contribution in [3.8, 4) is 11.5 Å². The number of amides is 1. The normalized spacial score (nSPS) is 16.5. The van der Waals surface area contributed by atoms with Crippen molar-refractivity contribution in [1.29, 1.82) is 0 Å². The Morgan fingerprint density at radius 3 is 1.60 bits per heavy atom. The Morgan fingerprint density at radius 1 is 0.825 bits per heavy atom. The second kappa shape index (κ2) is 16.4. The molecule has 0 saturated carbocycles. The number of nitrogen functional groups attached to an aromatic ring is 2. The van der Waals surface area contributed by atoms with Gasteiger partial charge in [0.25, 0.3) is 0 Å². The van der Waals surface area contributed by atoms with Crippen LogP contribution in [0.3, 0.4) is 0 Å². The van der Waals surface area contributed by atoms with Gasteiger partial charge in [-0.25, -0.2) is 4.79 Å². The molecule has 2 saturated heterocycles. The molecule has 2 aromatic rings. The van der Waals surface area contributed by atoms with E-state index in [1.54, 1.807) is 19.1 Å². The van der Waals surface area contributed by atoms with Gasteiger partial charge in [-0.2, -0.15) is 0 Å². The van der Waals surface area contributed by atoms with Gasteiger partial charge >= 0.3 is 25.0 Å². The number of ether oxygens (including phenoxy) is 3. The predicted molar refractivity (Wildman–Crippen MR) is 165 cm³/mol. The summed E-state index contributed by atoms with van der Waals surface area (Å²) in [5.41, 5.74) is 15.2. The van der Waals surface area contributed by atoms with E-state index in [1.807, 2.05) is 45.0 Å². The molecule has 4 rings (SSSR count). The molecular formula is C30H50AlLiN4O4. The Bertz CT molecular complexity index is 1070. The van der Waals surface area contributed by atoms with Crippen molar-refractivity contribution < 1.29 is 39.3 Å². The number of rotatable bonds is 4. The first-order chi connectivity index (χ1) is 18.0. The first kappa shape index (κ1) is 36.0. The molecule has 2 aliphatic heterocycles. The Morgan fingerprint density at radius 2 is 1.23 bits per heavy atom. The maximum Gasteiger partial charge on any atom is 1.00 e. The van der Waals surface area contributed by atoms with Crippen molar-refractivity contribution >= 4 is 34.8 Å². The van der Waals surface area contributed by atoms with Crippen molar-refractivity contribution in [3.63, 3.8) is 0 Å². The summed E-state index contributed by atoms with van der Waals surface area (Å²) < 4.78 is 16.0. The van der Waals surface area contributed by atoms with Crippen LogP contribution in [-0.2, 0) is 4.74 Å². The van der Waals surface area contributed by atoms with Crippen molar-refractivity contribution in [3.05, 3.63) is 47.5 Å². The van der Waals surface area contributed by atoms with Gasteiger partial charge < -0.3 is 36.9 Å². The Balaban J connectivity index is 0.000000756. The molecule has 4 N–H and O–H groups in total. The number of hydrogen-bond donors (Lipinski definition) is 2. The standard InChI is InChI=1S/C17H26N2O3.C13H20N2O.Al.Li.4H/c1-17(2,3)22-16(20)19-9-7-12(8-10-19)13-5-6-14(18)15(11-13)21-4;1-15-7-5-10(6-8-15)11-3-4-12(14)13(9-11)16-2;;;;;;/h5-6,11-12H,7-10,18H2,1-4H3;3-4,9-10H,5-8,14H2,1-2H3;;;;;;/q;;;+1;;;;-1. The van der Waals surface area contributed by atoms with E-state index in [9.17, 15) is 4.79 Å². The number of likely N-dealkylation sites (tertiary alicyclic amines) is 2. The molecule has 8 nitrogen and oxygen atoms in total. The van der Waals surface area contributed by atoms with E-state index in [0.29, 0.717) is 36.4 Å². The maximum absolute atomic E-state index is 12.1. The summed E-state index contributed by atoms with van der Waals surface area (Å²) in [6.07, 6.45) is 4.08. The van der Waals surface area contributed by atoms with Crippen molar-refractivity contribution in [1.82, 2.24) is 9.80 Å². The third-order valence-corrected chi connectivity index (χ3v) is 7.32. The van der Waals surface area contributed by atoms with E-state index in [2.05, 4.69) is 24.1 Å². The molecule has 0 aromatic heterocycles. The monoisotopic (exact) mass is 564 g/mol. The largest absolute Gasteiger partial charge is 1.00 e. The van der Waals surface area contributed by atoms with Gasteiger partial charge in [0.1, 0.15) is 17.1 Å². The zero-order valence-corrected chi connectivity index (χ0v) is 25.0. The first-order valence-corrected chi connectivity index (χ1v) is 13.5. The van der Waals surface area contributed by atoms with Crippen LogP contribution in [0.2, 0.25) is 0 Å². The number of anilines is 2. The average molecular weight is 565 g/mol. The SMILES string of the molecule is COc1cc(C2CCN(C(=O)OC(C)(C)C)CC2)ccc1N.COc1cc(C2CCN(C)CC2)ccc1N.[AlH3].[H-].[Li+]. The van der Waals surface area contributed by atoms with Crippen LogP contribution in [0.15, 0.2) is 36.4 Å². The van der Waals surface area contributed by atoms with Crippen LogP contribution >= 0.6 is 0 Å². The van der Waals surface area contributed by atoms with Gasteiger partial charge in [0.05, 0.1) is 25.6 Å². The Hall–Kier alpha value is -2.00. The number of piperidine rings is 2. The van der Waals surface area contributed by atoms with Crippen LogP contribution in [0.5, 0.6) is 11.5 Å². The number of carbonyl (C=O) groups is 1. The summed E-state index contributed by atoms with van der Waals surface area (Å²) in [5, 5.41) is 0. The molecule has 2 aromatic carbocycles. The average Bonchev–Trinajstić information content (AvgIpc) is 2.89. The molecule has 1 amide bonds. The fraction of sp³-hybridized carbons (Fsp3) is 0.567. The molecule has 10 heteroatoms. The van der Waals surface area contributed by atoms with E-state index < -0.39 is 5.60 Å². The minimum Gasteiger partial charge on any atom is -1.00 e. The van der Waals surface area contributed by atoms with Gasteiger partial charge in [0.15, 0.2) is 17.4 Å². The third-order valence-electron chi connectivity index (χ3n) is 7.32. The van der Waals surface area contributed by atoms with Gasteiger partial charge in [-0.05, 0) is 114 Å². The smallest absolute Gasteiger partial charge is 1.00 e. The number of nitrogens with two attached hydrogens (primary N) is 2. The van der Waals surface area contributed by atoms with Crippen molar-refractivity contribution in [2.24, 2.45) is 0 Å². The molecule has 0 atom stereocenters. The second-order valence-corrected chi connectivity index (χ2v) is 11.3. The van der Waals surface area contributed by atoms with Crippen LogP contribution < -0.4 is 39.8 Å². The second-order valence-electron chi connectivity index (χ2n) is 11.3. The summed E-state index contributed by atoms with van der Waals surface area (Å²) in [6.45, 7) is 9.45. The summed E-state index contributed by atoms with van der Waals surface area (Å²) >= 11 is 0. The topological polar surface area (TPSA) is 103 Å². The van der Waals surface area contributed by atoms with Crippen LogP contribution in [0.25, 0.3) is 0 Å². The summed E-state index contributed by atoms with van der Waals surface area (Å²) in [5.74, 6) is 2.60. The molecule has 0 unspecified atom stereocenters. The van der Waals surface area contributed by atoms with E-state index >= 15 is 0 Å². The molecule has 2 heterocycles. The molecule has 2 fully saturated rings. The number of methoxy groups -OCH3 is 2. The van der Waals surface area contributed by atoms with E-state index in [1.165, 1.54) is 37.1 Å². The Kier molecular flexibility index (Phi) is 14.8. The number of hydrogen-bond acceptors (Lipinski definition) is 7. The molecule has 0 aliphatic carbocycles. The number of carbonyl (C=O) groups excluding carboxylic acids is 1. The van der Waals surface area contributed by atoms with Crippen LogP contribution in [0, 0.1) is 0 Å². The van der Waals surface area contributed by atoms with Crippen LogP contribution in [0.1, 0.15) is 70.8 Å².